The fourth-order valence-electron chi connectivity index (χ4n) is 1.19. The van der Waals surface area contributed by atoms with Gasteiger partial charge in [0.1, 0.15) is 12.2 Å². The summed E-state index contributed by atoms with van der Waals surface area (Å²) in [5, 5.41) is 9.24. The number of hydrogen-bond acceptors (Lipinski definition) is 3. The molecule has 0 aromatic carbocycles. The average molecular weight is 146 g/mol. The van der Waals surface area contributed by atoms with E-state index >= 15 is 0 Å². The minimum Gasteiger partial charge on any atom is -0.388 e. The van der Waals surface area contributed by atoms with E-state index in [0.717, 1.165) is 0 Å². The number of ether oxygens (including phenoxy) is 2. The molecule has 0 radical (unpaired) electrons. The molecule has 1 rings (SSSR count). The second-order valence-corrected chi connectivity index (χ2v) is 2.53. The van der Waals surface area contributed by atoms with Gasteiger partial charge in [0, 0.05) is 6.61 Å². The first-order valence-electron chi connectivity index (χ1n) is 3.67. The molecule has 0 aliphatic carbocycles. The summed E-state index contributed by atoms with van der Waals surface area (Å²) < 4.78 is 10.4. The van der Waals surface area contributed by atoms with E-state index in [1.54, 1.807) is 0 Å². The standard InChI is InChI=1S/C7H14O3/c1-3-9-7-5(2)10-4-6(7)8/h5-8H,3-4H2,1-2H3/t5-,6?,7+/m1/s1. The minimum atomic E-state index is -0.435. The summed E-state index contributed by atoms with van der Waals surface area (Å²) in [7, 11) is 0. The monoisotopic (exact) mass is 146 g/mol. The van der Waals surface area contributed by atoms with Gasteiger partial charge in [-0.25, -0.2) is 0 Å². The van der Waals surface area contributed by atoms with Crippen molar-refractivity contribution < 1.29 is 14.6 Å². The van der Waals surface area contributed by atoms with Gasteiger partial charge in [-0.15, -0.1) is 0 Å². The average Bonchev–Trinajstić information content (AvgIpc) is 2.20. The van der Waals surface area contributed by atoms with Gasteiger partial charge in [-0.3, -0.25) is 0 Å². The zero-order chi connectivity index (χ0) is 7.56. The SMILES string of the molecule is CCO[C@@H]1C(O)CO[C@@H]1C. The molecule has 1 aliphatic rings. The predicted molar refractivity (Wildman–Crippen MR) is 36.8 cm³/mol. The fraction of sp³-hybridized carbons (Fsp3) is 1.00. The summed E-state index contributed by atoms with van der Waals surface area (Å²) in [6.45, 7) is 4.87. The smallest absolute Gasteiger partial charge is 0.111 e. The topological polar surface area (TPSA) is 38.7 Å². The molecule has 0 aromatic rings. The van der Waals surface area contributed by atoms with E-state index in [9.17, 15) is 5.11 Å². The van der Waals surface area contributed by atoms with E-state index in [4.69, 9.17) is 9.47 Å². The van der Waals surface area contributed by atoms with Gasteiger partial charge in [0.05, 0.1) is 12.7 Å². The van der Waals surface area contributed by atoms with Crippen LogP contribution in [0.15, 0.2) is 0 Å². The molecule has 0 aromatic heterocycles. The maximum absolute atomic E-state index is 9.24. The zero-order valence-corrected chi connectivity index (χ0v) is 6.41. The normalized spacial score (nSPS) is 40.5. The number of aliphatic hydroxyl groups excluding tert-OH is 1. The van der Waals surface area contributed by atoms with Gasteiger partial charge in [-0.1, -0.05) is 0 Å². The lowest BCUT2D eigenvalue weighted by atomic mass is 10.2. The van der Waals surface area contributed by atoms with Crippen molar-refractivity contribution >= 4 is 0 Å². The summed E-state index contributed by atoms with van der Waals surface area (Å²) in [5.41, 5.74) is 0. The van der Waals surface area contributed by atoms with Crippen molar-refractivity contribution in [2.45, 2.75) is 32.2 Å². The van der Waals surface area contributed by atoms with Crippen molar-refractivity contribution in [2.75, 3.05) is 13.2 Å². The molecule has 3 nitrogen and oxygen atoms in total. The van der Waals surface area contributed by atoms with Gasteiger partial charge in [-0.2, -0.15) is 0 Å². The van der Waals surface area contributed by atoms with E-state index in [2.05, 4.69) is 0 Å². The fourth-order valence-corrected chi connectivity index (χ4v) is 1.19. The molecule has 1 N–H and O–H groups in total. The third-order valence-electron chi connectivity index (χ3n) is 1.73. The van der Waals surface area contributed by atoms with Gasteiger partial charge in [0.15, 0.2) is 0 Å². The van der Waals surface area contributed by atoms with Gasteiger partial charge < -0.3 is 14.6 Å². The second kappa shape index (κ2) is 3.32. The lowest BCUT2D eigenvalue weighted by Crippen LogP contribution is -2.31. The second-order valence-electron chi connectivity index (χ2n) is 2.53. The molecular weight excluding hydrogens is 132 g/mol. The Kier molecular flexibility index (Phi) is 2.65. The molecule has 10 heavy (non-hydrogen) atoms. The molecule has 60 valence electrons. The van der Waals surface area contributed by atoms with Crippen molar-refractivity contribution in [3.8, 4) is 0 Å². The van der Waals surface area contributed by atoms with Crippen LogP contribution < -0.4 is 0 Å². The van der Waals surface area contributed by atoms with E-state index in [1.165, 1.54) is 0 Å². The van der Waals surface area contributed by atoms with Crippen LogP contribution in [0, 0.1) is 0 Å². The summed E-state index contributed by atoms with van der Waals surface area (Å²) in [6.07, 6.45) is -0.519. The summed E-state index contributed by atoms with van der Waals surface area (Å²) in [4.78, 5) is 0. The van der Waals surface area contributed by atoms with Crippen molar-refractivity contribution in [3.05, 3.63) is 0 Å². The highest BCUT2D eigenvalue weighted by Crippen LogP contribution is 2.16. The highest BCUT2D eigenvalue weighted by Gasteiger charge is 2.33. The van der Waals surface area contributed by atoms with Crippen molar-refractivity contribution in [3.63, 3.8) is 0 Å². The molecule has 1 fully saturated rings. The van der Waals surface area contributed by atoms with Gasteiger partial charge >= 0.3 is 0 Å². The Labute approximate surface area is 60.9 Å². The summed E-state index contributed by atoms with van der Waals surface area (Å²) in [6, 6.07) is 0. The third-order valence-corrected chi connectivity index (χ3v) is 1.73. The Morgan fingerprint density at radius 3 is 2.80 bits per heavy atom. The Balaban J connectivity index is 2.38. The van der Waals surface area contributed by atoms with Gasteiger partial charge in [0.25, 0.3) is 0 Å². The van der Waals surface area contributed by atoms with Crippen LogP contribution in [0.1, 0.15) is 13.8 Å². The van der Waals surface area contributed by atoms with Crippen LogP contribution >= 0.6 is 0 Å². The Morgan fingerprint density at radius 1 is 1.70 bits per heavy atom. The molecule has 1 saturated heterocycles. The first kappa shape index (κ1) is 7.98. The molecule has 0 bridgehead atoms. The number of aliphatic hydroxyl groups is 1. The Morgan fingerprint density at radius 2 is 2.40 bits per heavy atom. The molecule has 3 atom stereocenters. The van der Waals surface area contributed by atoms with E-state index in [-0.39, 0.29) is 12.2 Å². The van der Waals surface area contributed by atoms with Crippen molar-refractivity contribution in [2.24, 2.45) is 0 Å². The quantitative estimate of drug-likeness (QED) is 0.603. The molecule has 1 heterocycles. The van der Waals surface area contributed by atoms with E-state index in [1.807, 2.05) is 13.8 Å². The maximum Gasteiger partial charge on any atom is 0.111 e. The van der Waals surface area contributed by atoms with Gasteiger partial charge in [-0.05, 0) is 13.8 Å². The highest BCUT2D eigenvalue weighted by molar-refractivity contribution is 4.81. The van der Waals surface area contributed by atoms with Crippen LogP contribution in [0.4, 0.5) is 0 Å². The molecule has 1 unspecified atom stereocenters. The Hall–Kier alpha value is -0.120. The van der Waals surface area contributed by atoms with Crippen molar-refractivity contribution in [1.82, 2.24) is 0 Å². The molecular formula is C7H14O3. The lowest BCUT2D eigenvalue weighted by Gasteiger charge is -2.15. The first-order valence-corrected chi connectivity index (χ1v) is 3.67. The van der Waals surface area contributed by atoms with Crippen LogP contribution in [0.2, 0.25) is 0 Å². The maximum atomic E-state index is 9.24. The van der Waals surface area contributed by atoms with E-state index in [0.29, 0.717) is 13.2 Å². The number of hydrogen-bond donors (Lipinski definition) is 1. The van der Waals surface area contributed by atoms with Crippen LogP contribution in [-0.4, -0.2) is 36.6 Å². The zero-order valence-electron chi connectivity index (χ0n) is 6.41. The number of rotatable bonds is 2. The summed E-state index contributed by atoms with van der Waals surface area (Å²) >= 11 is 0. The lowest BCUT2D eigenvalue weighted by molar-refractivity contribution is -0.0264. The van der Waals surface area contributed by atoms with Crippen LogP contribution in [0.5, 0.6) is 0 Å². The molecule has 3 heteroatoms. The van der Waals surface area contributed by atoms with Crippen LogP contribution in [-0.2, 0) is 9.47 Å². The molecule has 0 amide bonds. The first-order chi connectivity index (χ1) is 4.75. The molecule has 1 aliphatic heterocycles. The van der Waals surface area contributed by atoms with E-state index < -0.39 is 6.10 Å². The van der Waals surface area contributed by atoms with Crippen LogP contribution in [0.3, 0.4) is 0 Å². The predicted octanol–water partition coefficient (Wildman–Crippen LogP) is 0.171. The molecule has 0 saturated carbocycles. The third kappa shape index (κ3) is 1.48. The van der Waals surface area contributed by atoms with Crippen molar-refractivity contribution in [1.29, 1.82) is 0 Å². The highest BCUT2D eigenvalue weighted by atomic mass is 16.6. The largest absolute Gasteiger partial charge is 0.388 e. The summed E-state index contributed by atoms with van der Waals surface area (Å²) in [5.74, 6) is 0. The molecule has 0 spiro atoms. The van der Waals surface area contributed by atoms with Crippen LogP contribution in [0.25, 0.3) is 0 Å². The minimum absolute atomic E-state index is 0.0370. The Bertz CT molecular complexity index is 95.0. The van der Waals surface area contributed by atoms with Gasteiger partial charge in [0.2, 0.25) is 0 Å².